The van der Waals surface area contributed by atoms with Gasteiger partial charge in [-0.25, -0.2) is 4.98 Å². The van der Waals surface area contributed by atoms with Crippen molar-refractivity contribution >= 4 is 11.3 Å². The second kappa shape index (κ2) is 4.38. The zero-order valence-corrected chi connectivity index (χ0v) is 9.77. The lowest BCUT2D eigenvalue weighted by Gasteiger charge is -2.23. The smallest absolute Gasteiger partial charge is 0.122 e. The van der Waals surface area contributed by atoms with Crippen molar-refractivity contribution in [1.29, 1.82) is 0 Å². The number of nitrogens with two attached hydrogens (primary N) is 1. The van der Waals surface area contributed by atoms with Crippen molar-refractivity contribution < 1.29 is 5.11 Å². The first-order valence-electron chi connectivity index (χ1n) is 4.77. The fourth-order valence-electron chi connectivity index (χ4n) is 1.08. The minimum Gasteiger partial charge on any atom is -0.385 e. The van der Waals surface area contributed by atoms with Crippen molar-refractivity contribution in [2.45, 2.75) is 33.3 Å². The predicted octanol–water partition coefficient (Wildman–Crippen LogP) is 1.72. The highest BCUT2D eigenvalue weighted by atomic mass is 32.1. The molecule has 1 atom stereocenters. The van der Waals surface area contributed by atoms with Crippen molar-refractivity contribution in [1.82, 2.24) is 4.98 Å². The second-order valence-corrected chi connectivity index (χ2v) is 5.37. The summed E-state index contributed by atoms with van der Waals surface area (Å²) in [5.74, 6) is 0. The summed E-state index contributed by atoms with van der Waals surface area (Å²) in [6, 6.07) is 0. The van der Waals surface area contributed by atoms with Crippen LogP contribution >= 0.6 is 11.3 Å². The Bertz CT molecular complexity index is 291. The summed E-state index contributed by atoms with van der Waals surface area (Å²) in [6.45, 7) is 6.61. The predicted molar refractivity (Wildman–Crippen MR) is 59.3 cm³/mol. The maximum absolute atomic E-state index is 9.96. The third-order valence-corrected chi connectivity index (χ3v) is 2.97. The molecule has 1 heterocycles. The van der Waals surface area contributed by atoms with Crippen molar-refractivity contribution in [2.24, 2.45) is 11.1 Å². The van der Waals surface area contributed by atoms with Gasteiger partial charge >= 0.3 is 0 Å². The largest absolute Gasteiger partial charge is 0.385 e. The van der Waals surface area contributed by atoms with E-state index < -0.39 is 6.10 Å². The van der Waals surface area contributed by atoms with Crippen LogP contribution in [-0.4, -0.2) is 16.6 Å². The number of hydrogen-bond acceptors (Lipinski definition) is 4. The Morgan fingerprint density at radius 3 is 2.71 bits per heavy atom. The number of nitrogens with zero attached hydrogens (tertiary/aromatic N) is 1. The van der Waals surface area contributed by atoms with E-state index in [1.165, 1.54) is 11.3 Å². The summed E-state index contributed by atoms with van der Waals surface area (Å²) in [5, 5.41) is 12.7. The molecule has 0 saturated carbocycles. The van der Waals surface area contributed by atoms with E-state index in [0.29, 0.717) is 6.54 Å². The van der Waals surface area contributed by atoms with Gasteiger partial charge in [-0.15, -0.1) is 11.3 Å². The molecule has 0 aliphatic rings. The van der Waals surface area contributed by atoms with Crippen LogP contribution in [0, 0.1) is 5.41 Å². The van der Waals surface area contributed by atoms with E-state index >= 15 is 0 Å². The number of hydrogen-bond donors (Lipinski definition) is 2. The monoisotopic (exact) mass is 214 g/mol. The first kappa shape index (κ1) is 11.6. The highest BCUT2D eigenvalue weighted by molar-refractivity contribution is 7.09. The highest BCUT2D eigenvalue weighted by Gasteiger charge is 2.26. The van der Waals surface area contributed by atoms with Gasteiger partial charge in [0.05, 0.1) is 5.69 Å². The van der Waals surface area contributed by atoms with Crippen molar-refractivity contribution in [2.75, 3.05) is 6.54 Å². The van der Waals surface area contributed by atoms with Gasteiger partial charge in [0.25, 0.3) is 0 Å². The Morgan fingerprint density at radius 2 is 2.21 bits per heavy atom. The zero-order valence-electron chi connectivity index (χ0n) is 8.95. The molecule has 0 bridgehead atoms. The first-order chi connectivity index (χ1) is 6.45. The quantitative estimate of drug-likeness (QED) is 0.805. The van der Waals surface area contributed by atoms with Gasteiger partial charge in [-0.1, -0.05) is 20.8 Å². The number of rotatable bonds is 3. The van der Waals surface area contributed by atoms with Crippen molar-refractivity contribution in [3.63, 3.8) is 0 Å². The van der Waals surface area contributed by atoms with Gasteiger partial charge in [0.15, 0.2) is 0 Å². The molecule has 80 valence electrons. The summed E-state index contributed by atoms with van der Waals surface area (Å²) >= 11 is 1.51. The number of aliphatic hydroxyl groups is 1. The van der Waals surface area contributed by atoms with Crippen molar-refractivity contribution in [3.05, 3.63) is 16.1 Å². The summed E-state index contributed by atoms with van der Waals surface area (Å²) in [6.07, 6.45) is 0.298. The van der Waals surface area contributed by atoms with E-state index in [9.17, 15) is 5.11 Å². The fourth-order valence-corrected chi connectivity index (χ4v) is 2.16. The van der Waals surface area contributed by atoms with Gasteiger partial charge in [0.1, 0.15) is 11.1 Å². The average Bonchev–Trinajstić information content (AvgIpc) is 2.50. The molecular weight excluding hydrogens is 196 g/mol. The third-order valence-electron chi connectivity index (χ3n) is 2.02. The molecule has 0 radical (unpaired) electrons. The molecule has 1 aromatic heterocycles. The van der Waals surface area contributed by atoms with E-state index in [0.717, 1.165) is 17.1 Å². The minimum absolute atomic E-state index is 0.155. The lowest BCUT2D eigenvalue weighted by atomic mass is 9.90. The molecule has 0 aliphatic heterocycles. The van der Waals surface area contributed by atoms with Crippen LogP contribution in [0.3, 0.4) is 0 Å². The Hall–Kier alpha value is -0.450. The Kier molecular flexibility index (Phi) is 3.64. The van der Waals surface area contributed by atoms with Gasteiger partial charge < -0.3 is 10.8 Å². The number of aromatic nitrogens is 1. The molecule has 1 unspecified atom stereocenters. The van der Waals surface area contributed by atoms with Crippen molar-refractivity contribution in [3.8, 4) is 0 Å². The number of thiazole rings is 1. The Balaban J connectivity index is 2.76. The fraction of sp³-hybridized carbons (Fsp3) is 0.700. The highest BCUT2D eigenvalue weighted by Crippen LogP contribution is 2.33. The van der Waals surface area contributed by atoms with Gasteiger partial charge in [-0.05, 0) is 12.0 Å². The normalized spacial score (nSPS) is 14.4. The van der Waals surface area contributed by atoms with Gasteiger partial charge in [-0.3, -0.25) is 0 Å². The Labute approximate surface area is 89.0 Å². The Morgan fingerprint density at radius 1 is 1.57 bits per heavy atom. The maximum Gasteiger partial charge on any atom is 0.122 e. The molecular formula is C10H18N2OS. The van der Waals surface area contributed by atoms with E-state index in [4.69, 9.17) is 5.73 Å². The zero-order chi connectivity index (χ0) is 10.8. The van der Waals surface area contributed by atoms with Gasteiger partial charge in [0.2, 0.25) is 0 Å². The first-order valence-corrected chi connectivity index (χ1v) is 5.65. The van der Waals surface area contributed by atoms with Crippen LogP contribution in [0.1, 0.15) is 37.6 Å². The van der Waals surface area contributed by atoms with Crippen LogP contribution in [0.15, 0.2) is 5.38 Å². The van der Waals surface area contributed by atoms with E-state index in [2.05, 4.69) is 4.98 Å². The van der Waals surface area contributed by atoms with E-state index in [-0.39, 0.29) is 5.41 Å². The van der Waals surface area contributed by atoms with Crippen LogP contribution in [0.25, 0.3) is 0 Å². The molecule has 4 heteroatoms. The van der Waals surface area contributed by atoms with Crippen LogP contribution in [0.5, 0.6) is 0 Å². The lowest BCUT2D eigenvalue weighted by molar-refractivity contribution is 0.0623. The second-order valence-electron chi connectivity index (χ2n) is 4.48. The standard InChI is InChI=1S/C10H18N2OS/c1-10(2,3)8(13)9-12-7(4-5-11)6-14-9/h6,8,13H,4-5,11H2,1-3H3. The molecule has 1 aromatic rings. The molecule has 14 heavy (non-hydrogen) atoms. The summed E-state index contributed by atoms with van der Waals surface area (Å²) in [4.78, 5) is 4.35. The van der Waals surface area contributed by atoms with Crippen LogP contribution in [0.4, 0.5) is 0 Å². The van der Waals surface area contributed by atoms with Crippen LogP contribution in [-0.2, 0) is 6.42 Å². The maximum atomic E-state index is 9.96. The molecule has 3 nitrogen and oxygen atoms in total. The minimum atomic E-state index is -0.487. The lowest BCUT2D eigenvalue weighted by Crippen LogP contribution is -2.17. The topological polar surface area (TPSA) is 59.1 Å². The van der Waals surface area contributed by atoms with E-state index in [1.54, 1.807) is 0 Å². The van der Waals surface area contributed by atoms with Crippen LogP contribution in [0.2, 0.25) is 0 Å². The summed E-state index contributed by atoms with van der Waals surface area (Å²) < 4.78 is 0. The molecule has 1 rings (SSSR count). The van der Waals surface area contributed by atoms with Gasteiger partial charge in [0, 0.05) is 11.8 Å². The number of aliphatic hydroxyl groups excluding tert-OH is 1. The molecule has 0 spiro atoms. The molecule has 0 aromatic carbocycles. The molecule has 0 amide bonds. The third kappa shape index (κ3) is 2.77. The summed E-state index contributed by atoms with van der Waals surface area (Å²) in [5.41, 5.74) is 6.26. The SMILES string of the molecule is CC(C)(C)C(O)c1nc(CCN)cs1. The molecule has 0 fully saturated rings. The van der Waals surface area contributed by atoms with Crippen LogP contribution < -0.4 is 5.73 Å². The van der Waals surface area contributed by atoms with Gasteiger partial charge in [-0.2, -0.15) is 0 Å². The summed E-state index contributed by atoms with van der Waals surface area (Å²) in [7, 11) is 0. The molecule has 0 saturated heterocycles. The molecule has 3 N–H and O–H groups in total. The van der Waals surface area contributed by atoms with E-state index in [1.807, 2.05) is 26.2 Å². The molecule has 0 aliphatic carbocycles. The average molecular weight is 214 g/mol.